The number of likely N-dealkylation sites (tertiary alicyclic amines) is 1. The van der Waals surface area contributed by atoms with Gasteiger partial charge in [0.2, 0.25) is 23.6 Å². The highest BCUT2D eigenvalue weighted by molar-refractivity contribution is 7.98. The minimum absolute atomic E-state index is 0.0434. The fourth-order valence-corrected chi connectivity index (χ4v) is 4.50. The molecule has 7 N–H and O–H groups in total. The number of thioether (sulfide) groups is 1. The lowest BCUT2D eigenvalue weighted by Crippen LogP contribution is -2.57. The van der Waals surface area contributed by atoms with Crippen molar-refractivity contribution in [1.82, 2.24) is 15.5 Å². The summed E-state index contributed by atoms with van der Waals surface area (Å²) in [4.78, 5) is 63.2. The summed E-state index contributed by atoms with van der Waals surface area (Å²) in [6.07, 6.45) is 3.23. The van der Waals surface area contributed by atoms with Crippen LogP contribution >= 0.6 is 11.8 Å². The molecule has 0 bridgehead atoms. The summed E-state index contributed by atoms with van der Waals surface area (Å²) in [6, 6.07) is 5.10. The lowest BCUT2D eigenvalue weighted by atomic mass is 10.0. The first kappa shape index (κ1) is 29.1. The summed E-state index contributed by atoms with van der Waals surface area (Å²) >= 11 is 1.47. The quantitative estimate of drug-likeness (QED) is 0.219. The van der Waals surface area contributed by atoms with Crippen LogP contribution in [0.5, 0.6) is 0 Å². The van der Waals surface area contributed by atoms with Crippen molar-refractivity contribution in [3.63, 3.8) is 0 Å². The van der Waals surface area contributed by atoms with Crippen molar-refractivity contribution in [3.8, 4) is 0 Å². The number of nitrogens with zero attached hydrogens (tertiary/aromatic N) is 1. The SMILES string of the molecule is CSCCC(NC(=O)C(Cc1ccccc1)NC(=O)C1CCCN1C(=O)C(N)CCC(N)=O)C(=O)O. The third-order valence-electron chi connectivity index (χ3n) is 6.00. The van der Waals surface area contributed by atoms with Crippen molar-refractivity contribution in [2.75, 3.05) is 18.6 Å². The molecular weight excluding hydrogens is 486 g/mol. The maximum atomic E-state index is 13.2. The van der Waals surface area contributed by atoms with Crippen LogP contribution in [0.25, 0.3) is 0 Å². The average molecular weight is 522 g/mol. The predicted molar refractivity (Wildman–Crippen MR) is 136 cm³/mol. The standard InChI is InChI=1S/C24H35N5O6S/c1-36-13-11-17(24(34)35)27-21(31)18(14-15-6-3-2-4-7-15)28-22(32)19-8-5-12-29(19)23(33)16(25)9-10-20(26)30/h2-4,6-7,16-19H,5,8-14,25H2,1H3,(H2,26,30)(H,27,31)(H,28,32)(H,34,35). The molecule has 1 heterocycles. The predicted octanol–water partition coefficient (Wildman–Crippen LogP) is -0.380. The number of primary amides is 1. The smallest absolute Gasteiger partial charge is 0.326 e. The maximum absolute atomic E-state index is 13.2. The molecule has 1 aromatic carbocycles. The molecule has 36 heavy (non-hydrogen) atoms. The minimum atomic E-state index is -1.15. The van der Waals surface area contributed by atoms with Crippen LogP contribution in [0.3, 0.4) is 0 Å². The number of hydrogen-bond donors (Lipinski definition) is 5. The molecule has 11 nitrogen and oxygen atoms in total. The van der Waals surface area contributed by atoms with Gasteiger partial charge in [-0.25, -0.2) is 4.79 Å². The lowest BCUT2D eigenvalue weighted by Gasteiger charge is -2.28. The summed E-state index contributed by atoms with van der Waals surface area (Å²) < 4.78 is 0. The summed E-state index contributed by atoms with van der Waals surface area (Å²) in [7, 11) is 0. The van der Waals surface area contributed by atoms with Crippen LogP contribution in [-0.2, 0) is 30.4 Å². The second-order valence-electron chi connectivity index (χ2n) is 8.73. The highest BCUT2D eigenvalue weighted by Gasteiger charge is 2.38. The van der Waals surface area contributed by atoms with Crippen molar-refractivity contribution in [2.24, 2.45) is 11.5 Å². The van der Waals surface area contributed by atoms with Gasteiger partial charge in [0.05, 0.1) is 6.04 Å². The second-order valence-corrected chi connectivity index (χ2v) is 9.72. The third-order valence-corrected chi connectivity index (χ3v) is 6.64. The molecule has 4 amide bonds. The highest BCUT2D eigenvalue weighted by Crippen LogP contribution is 2.20. The summed E-state index contributed by atoms with van der Waals surface area (Å²) in [5, 5.41) is 14.8. The molecule has 4 atom stereocenters. The molecular formula is C24H35N5O6S. The second kappa shape index (κ2) is 14.4. The number of nitrogens with two attached hydrogens (primary N) is 2. The van der Waals surface area contributed by atoms with E-state index in [0.717, 1.165) is 5.56 Å². The Bertz CT molecular complexity index is 931. The monoisotopic (exact) mass is 521 g/mol. The van der Waals surface area contributed by atoms with Crippen molar-refractivity contribution >= 4 is 41.4 Å². The van der Waals surface area contributed by atoms with Gasteiger partial charge in [0.15, 0.2) is 0 Å². The maximum Gasteiger partial charge on any atom is 0.326 e. The zero-order valence-electron chi connectivity index (χ0n) is 20.4. The molecule has 198 valence electrons. The topological polar surface area (TPSA) is 185 Å². The largest absolute Gasteiger partial charge is 0.480 e. The number of carboxylic acids is 1. The zero-order valence-corrected chi connectivity index (χ0v) is 21.2. The Morgan fingerprint density at radius 2 is 1.81 bits per heavy atom. The van der Waals surface area contributed by atoms with Gasteiger partial charge < -0.3 is 32.1 Å². The molecule has 2 rings (SSSR count). The number of hydrogen-bond acceptors (Lipinski definition) is 7. The summed E-state index contributed by atoms with van der Waals surface area (Å²) in [6.45, 7) is 0.326. The number of rotatable bonds is 14. The highest BCUT2D eigenvalue weighted by atomic mass is 32.2. The summed E-state index contributed by atoms with van der Waals surface area (Å²) in [5.41, 5.74) is 11.8. The third kappa shape index (κ3) is 8.83. The van der Waals surface area contributed by atoms with E-state index in [2.05, 4.69) is 10.6 Å². The van der Waals surface area contributed by atoms with Gasteiger partial charge in [0, 0.05) is 19.4 Å². The van der Waals surface area contributed by atoms with E-state index in [1.165, 1.54) is 16.7 Å². The van der Waals surface area contributed by atoms with Gasteiger partial charge >= 0.3 is 5.97 Å². The number of amides is 4. The molecule has 12 heteroatoms. The van der Waals surface area contributed by atoms with Crippen LogP contribution in [-0.4, -0.2) is 82.3 Å². The van der Waals surface area contributed by atoms with Crippen LogP contribution in [0.1, 0.15) is 37.7 Å². The van der Waals surface area contributed by atoms with Crippen LogP contribution in [0.2, 0.25) is 0 Å². The Kier molecular flexibility index (Phi) is 11.7. The molecule has 1 aromatic rings. The number of benzene rings is 1. The van der Waals surface area contributed by atoms with Crippen LogP contribution in [0, 0.1) is 0 Å². The molecule has 0 spiro atoms. The van der Waals surface area contributed by atoms with E-state index in [4.69, 9.17) is 11.5 Å². The number of carboxylic acid groups (broad SMARTS) is 1. The first-order valence-electron chi connectivity index (χ1n) is 11.8. The number of aliphatic carboxylic acids is 1. The number of carbonyl (C=O) groups is 5. The van der Waals surface area contributed by atoms with Gasteiger partial charge in [0.25, 0.3) is 0 Å². The molecule has 1 saturated heterocycles. The Balaban J connectivity index is 2.15. The Labute approximate surface area is 214 Å². The van der Waals surface area contributed by atoms with E-state index < -0.39 is 53.8 Å². The van der Waals surface area contributed by atoms with Gasteiger partial charge in [-0.15, -0.1) is 0 Å². The normalized spacial score (nSPS) is 17.6. The summed E-state index contributed by atoms with van der Waals surface area (Å²) in [5.74, 6) is -2.77. The van der Waals surface area contributed by atoms with Gasteiger partial charge in [-0.2, -0.15) is 11.8 Å². The van der Waals surface area contributed by atoms with E-state index in [0.29, 0.717) is 25.1 Å². The molecule has 4 unspecified atom stereocenters. The molecule has 0 aliphatic carbocycles. The van der Waals surface area contributed by atoms with Gasteiger partial charge in [-0.3, -0.25) is 19.2 Å². The van der Waals surface area contributed by atoms with E-state index >= 15 is 0 Å². The van der Waals surface area contributed by atoms with Crippen molar-refractivity contribution in [1.29, 1.82) is 0 Å². The Morgan fingerprint density at radius 1 is 1.11 bits per heavy atom. The van der Waals surface area contributed by atoms with Gasteiger partial charge in [-0.05, 0) is 43.3 Å². The lowest BCUT2D eigenvalue weighted by molar-refractivity contribution is -0.143. The molecule has 0 radical (unpaired) electrons. The van der Waals surface area contributed by atoms with E-state index in [-0.39, 0.29) is 25.7 Å². The van der Waals surface area contributed by atoms with Crippen molar-refractivity contribution in [2.45, 2.75) is 62.7 Å². The van der Waals surface area contributed by atoms with Crippen LogP contribution in [0.4, 0.5) is 0 Å². The fourth-order valence-electron chi connectivity index (χ4n) is 4.03. The van der Waals surface area contributed by atoms with Crippen LogP contribution < -0.4 is 22.1 Å². The number of nitrogens with one attached hydrogen (secondary N) is 2. The minimum Gasteiger partial charge on any atom is -0.480 e. The first-order valence-corrected chi connectivity index (χ1v) is 13.2. The Hall–Kier alpha value is -3.12. The average Bonchev–Trinajstić information content (AvgIpc) is 3.34. The van der Waals surface area contributed by atoms with E-state index in [9.17, 15) is 29.1 Å². The molecule has 1 fully saturated rings. The van der Waals surface area contributed by atoms with E-state index in [1.807, 2.05) is 12.3 Å². The van der Waals surface area contributed by atoms with Gasteiger partial charge in [0.1, 0.15) is 18.1 Å². The first-order chi connectivity index (χ1) is 17.1. The van der Waals surface area contributed by atoms with Crippen LogP contribution in [0.15, 0.2) is 30.3 Å². The molecule has 1 aliphatic heterocycles. The molecule has 0 aromatic heterocycles. The Morgan fingerprint density at radius 3 is 2.42 bits per heavy atom. The zero-order chi connectivity index (χ0) is 26.7. The molecule has 1 aliphatic rings. The van der Waals surface area contributed by atoms with E-state index in [1.54, 1.807) is 24.3 Å². The molecule has 0 saturated carbocycles. The fraction of sp³-hybridized carbons (Fsp3) is 0.542. The van der Waals surface area contributed by atoms with Crippen molar-refractivity contribution < 1.29 is 29.1 Å². The number of carbonyl (C=O) groups excluding carboxylic acids is 4. The van der Waals surface area contributed by atoms with Crippen molar-refractivity contribution in [3.05, 3.63) is 35.9 Å². The van der Waals surface area contributed by atoms with Gasteiger partial charge in [-0.1, -0.05) is 30.3 Å².